The van der Waals surface area contributed by atoms with Gasteiger partial charge in [0.05, 0.1) is 19.2 Å². The van der Waals surface area contributed by atoms with Gasteiger partial charge >= 0.3 is 0 Å². The summed E-state index contributed by atoms with van der Waals surface area (Å²) >= 11 is 1.60. The average molecular weight is 334 g/mol. The molecule has 124 valence electrons. The summed E-state index contributed by atoms with van der Waals surface area (Å²) in [6.07, 6.45) is 1.97. The number of hydrogen-bond donors (Lipinski definition) is 1. The Morgan fingerprint density at radius 3 is 3.04 bits per heavy atom. The Bertz CT molecular complexity index is 622. The van der Waals surface area contributed by atoms with Gasteiger partial charge in [-0.25, -0.2) is 4.98 Å². The lowest BCUT2D eigenvalue weighted by Gasteiger charge is -2.32. The monoisotopic (exact) mass is 334 g/mol. The summed E-state index contributed by atoms with van der Waals surface area (Å²) in [5.41, 5.74) is 0.271. The Kier molecular flexibility index (Phi) is 4.67. The number of nitrogens with zero attached hydrogens (tertiary/aromatic N) is 3. The fourth-order valence-corrected chi connectivity index (χ4v) is 3.76. The van der Waals surface area contributed by atoms with Crippen LogP contribution in [0.2, 0.25) is 0 Å². The largest absolute Gasteiger partial charge is 0.368 e. The van der Waals surface area contributed by atoms with Gasteiger partial charge in [-0.15, -0.1) is 11.3 Å². The van der Waals surface area contributed by atoms with E-state index in [9.17, 15) is 10.1 Å². The molecule has 23 heavy (non-hydrogen) atoms. The molecular weight excluding hydrogens is 312 g/mol. The number of amides is 1. The summed E-state index contributed by atoms with van der Waals surface area (Å²) in [6, 6.07) is 2.26. The molecule has 1 aromatic heterocycles. The maximum absolute atomic E-state index is 12.3. The Morgan fingerprint density at radius 2 is 2.43 bits per heavy atom. The van der Waals surface area contributed by atoms with Crippen LogP contribution in [0.3, 0.4) is 0 Å². The maximum atomic E-state index is 12.3. The standard InChI is InChI=1S/C16H22N4O2S/c1-11-9-23-15(18-11)13-7-20(5-6-22-13)8-14(21)19-16(2,10-17)12-3-4-12/h9,12-13H,3-8H2,1-2H3,(H,19,21)/t13-,16-/m1/s1. The molecule has 2 aliphatic rings. The Morgan fingerprint density at radius 1 is 1.65 bits per heavy atom. The van der Waals surface area contributed by atoms with Crippen LogP contribution < -0.4 is 5.32 Å². The molecule has 1 aromatic rings. The van der Waals surface area contributed by atoms with Gasteiger partial charge in [-0.3, -0.25) is 9.69 Å². The van der Waals surface area contributed by atoms with Gasteiger partial charge in [-0.05, 0) is 32.6 Å². The first-order valence-electron chi connectivity index (χ1n) is 7.98. The lowest BCUT2D eigenvalue weighted by atomic mass is 9.98. The van der Waals surface area contributed by atoms with Crippen LogP contribution in [0.25, 0.3) is 0 Å². The van der Waals surface area contributed by atoms with Crippen LogP contribution in [0.4, 0.5) is 0 Å². The number of nitriles is 1. The van der Waals surface area contributed by atoms with Crippen molar-refractivity contribution < 1.29 is 9.53 Å². The van der Waals surface area contributed by atoms with E-state index in [-0.39, 0.29) is 12.0 Å². The Labute approximate surface area is 140 Å². The molecule has 1 saturated heterocycles. The minimum absolute atomic E-state index is 0.0685. The van der Waals surface area contributed by atoms with Crippen molar-refractivity contribution in [1.82, 2.24) is 15.2 Å². The van der Waals surface area contributed by atoms with Crippen molar-refractivity contribution in [2.75, 3.05) is 26.2 Å². The summed E-state index contributed by atoms with van der Waals surface area (Å²) in [5, 5.41) is 15.2. The molecule has 2 heterocycles. The van der Waals surface area contributed by atoms with Crippen molar-refractivity contribution in [3.63, 3.8) is 0 Å². The number of ether oxygens (including phenoxy) is 1. The molecule has 0 spiro atoms. The van der Waals surface area contributed by atoms with Gasteiger partial charge in [0, 0.05) is 24.2 Å². The fraction of sp³-hybridized carbons (Fsp3) is 0.688. The number of carbonyl (C=O) groups is 1. The van der Waals surface area contributed by atoms with Gasteiger partial charge in [0.2, 0.25) is 5.91 Å². The van der Waals surface area contributed by atoms with Crippen LogP contribution in [0.1, 0.15) is 36.6 Å². The van der Waals surface area contributed by atoms with Gasteiger partial charge in [-0.1, -0.05) is 0 Å². The Balaban J connectivity index is 1.55. The topological polar surface area (TPSA) is 78.2 Å². The van der Waals surface area contributed by atoms with E-state index in [1.807, 2.05) is 19.2 Å². The molecule has 6 nitrogen and oxygen atoms in total. The first kappa shape index (κ1) is 16.4. The van der Waals surface area contributed by atoms with E-state index in [0.29, 0.717) is 25.6 Å². The smallest absolute Gasteiger partial charge is 0.235 e. The molecule has 2 atom stereocenters. The van der Waals surface area contributed by atoms with Crippen molar-refractivity contribution >= 4 is 17.2 Å². The number of rotatable bonds is 5. The van der Waals surface area contributed by atoms with Crippen molar-refractivity contribution in [2.45, 2.75) is 38.3 Å². The molecule has 0 aromatic carbocycles. The van der Waals surface area contributed by atoms with Gasteiger partial charge in [0.1, 0.15) is 16.7 Å². The molecule has 0 radical (unpaired) electrons. The third-order valence-electron chi connectivity index (χ3n) is 4.46. The quantitative estimate of drug-likeness (QED) is 0.885. The summed E-state index contributed by atoms with van der Waals surface area (Å²) in [4.78, 5) is 18.9. The van der Waals surface area contributed by atoms with E-state index < -0.39 is 5.54 Å². The molecule has 2 fully saturated rings. The van der Waals surface area contributed by atoms with Crippen LogP contribution in [0.5, 0.6) is 0 Å². The maximum Gasteiger partial charge on any atom is 0.235 e. The molecular formula is C16H22N4O2S. The van der Waals surface area contributed by atoms with Crippen LogP contribution in [0, 0.1) is 24.2 Å². The molecule has 1 amide bonds. The third-order valence-corrected chi connectivity index (χ3v) is 5.51. The summed E-state index contributed by atoms with van der Waals surface area (Å²) in [5.74, 6) is 0.212. The van der Waals surface area contributed by atoms with Crippen molar-refractivity contribution in [2.24, 2.45) is 5.92 Å². The molecule has 1 aliphatic carbocycles. The minimum Gasteiger partial charge on any atom is -0.368 e. The predicted molar refractivity (Wildman–Crippen MR) is 86.9 cm³/mol. The first-order valence-corrected chi connectivity index (χ1v) is 8.86. The lowest BCUT2D eigenvalue weighted by molar-refractivity contribution is -0.125. The summed E-state index contributed by atoms with van der Waals surface area (Å²) in [7, 11) is 0. The van der Waals surface area contributed by atoms with E-state index in [0.717, 1.165) is 30.1 Å². The van der Waals surface area contributed by atoms with E-state index >= 15 is 0 Å². The zero-order valence-electron chi connectivity index (χ0n) is 13.5. The van der Waals surface area contributed by atoms with Gasteiger partial charge < -0.3 is 10.1 Å². The van der Waals surface area contributed by atoms with Crippen LogP contribution >= 0.6 is 11.3 Å². The third kappa shape index (κ3) is 3.89. The SMILES string of the molecule is Cc1csc([C@H]2CN(CC(=O)N[C@](C)(C#N)C3CC3)CCO2)n1. The molecule has 0 bridgehead atoms. The summed E-state index contributed by atoms with van der Waals surface area (Å²) < 4.78 is 5.78. The van der Waals surface area contributed by atoms with E-state index in [1.165, 1.54) is 0 Å². The predicted octanol–water partition coefficient (Wildman–Crippen LogP) is 1.63. The van der Waals surface area contributed by atoms with Crippen molar-refractivity contribution in [3.05, 3.63) is 16.1 Å². The number of nitrogens with one attached hydrogen (secondary N) is 1. The van der Waals surface area contributed by atoms with Crippen molar-refractivity contribution in [1.29, 1.82) is 5.26 Å². The number of hydrogen-bond acceptors (Lipinski definition) is 6. The van der Waals surface area contributed by atoms with Gasteiger partial charge in [0.25, 0.3) is 0 Å². The van der Waals surface area contributed by atoms with Gasteiger partial charge in [0.15, 0.2) is 0 Å². The highest BCUT2D eigenvalue weighted by Crippen LogP contribution is 2.39. The number of carbonyl (C=O) groups excluding carboxylic acids is 1. The Hall–Kier alpha value is -1.49. The van der Waals surface area contributed by atoms with E-state index in [1.54, 1.807) is 11.3 Å². The first-order chi connectivity index (χ1) is 11.0. The molecule has 1 N–H and O–H groups in total. The fourth-order valence-electron chi connectivity index (χ4n) is 2.93. The minimum atomic E-state index is -0.727. The van der Waals surface area contributed by atoms with E-state index in [2.05, 4.69) is 21.3 Å². The summed E-state index contributed by atoms with van der Waals surface area (Å²) in [6.45, 7) is 6.06. The molecule has 7 heteroatoms. The highest BCUT2D eigenvalue weighted by Gasteiger charge is 2.43. The van der Waals surface area contributed by atoms with E-state index in [4.69, 9.17) is 4.74 Å². The second kappa shape index (κ2) is 6.56. The van der Waals surface area contributed by atoms with Crippen LogP contribution in [0.15, 0.2) is 5.38 Å². The highest BCUT2D eigenvalue weighted by atomic mass is 32.1. The van der Waals surface area contributed by atoms with Crippen LogP contribution in [-0.4, -0.2) is 47.6 Å². The second-order valence-corrected chi connectivity index (χ2v) is 7.45. The molecule has 0 unspecified atom stereocenters. The second-order valence-electron chi connectivity index (χ2n) is 6.56. The number of thiazole rings is 1. The average Bonchev–Trinajstić information content (AvgIpc) is 3.30. The molecule has 1 saturated carbocycles. The molecule has 1 aliphatic heterocycles. The van der Waals surface area contributed by atoms with Crippen molar-refractivity contribution in [3.8, 4) is 6.07 Å². The van der Waals surface area contributed by atoms with Crippen LogP contribution in [-0.2, 0) is 9.53 Å². The zero-order chi connectivity index (χ0) is 16.4. The number of aromatic nitrogens is 1. The normalized spacial score (nSPS) is 24.7. The zero-order valence-corrected chi connectivity index (χ0v) is 14.4. The lowest BCUT2D eigenvalue weighted by Crippen LogP contribution is -2.51. The molecule has 3 rings (SSSR count). The number of morpholine rings is 1. The highest BCUT2D eigenvalue weighted by molar-refractivity contribution is 7.09. The van der Waals surface area contributed by atoms with Gasteiger partial charge in [-0.2, -0.15) is 5.26 Å². The number of aryl methyl sites for hydroxylation is 1.